The Morgan fingerprint density at radius 2 is 1.78 bits per heavy atom. The predicted octanol–water partition coefficient (Wildman–Crippen LogP) is 5.06. The Balaban J connectivity index is 1.45. The highest BCUT2D eigenvalue weighted by Crippen LogP contribution is 2.34. The van der Waals surface area contributed by atoms with E-state index in [0.717, 1.165) is 33.5 Å². The van der Waals surface area contributed by atoms with E-state index >= 15 is 0 Å². The lowest BCUT2D eigenvalue weighted by Crippen LogP contribution is -2.18. The Kier molecular flexibility index (Phi) is 5.98. The molecule has 0 aliphatic carbocycles. The molecule has 4 heterocycles. The van der Waals surface area contributed by atoms with Crippen LogP contribution in [0.4, 0.5) is 11.5 Å². The number of hydrogen-bond donors (Lipinski definition) is 2. The Labute approximate surface area is 214 Å². The van der Waals surface area contributed by atoms with E-state index < -0.39 is 5.41 Å². The van der Waals surface area contributed by atoms with Crippen molar-refractivity contribution in [3.63, 3.8) is 0 Å². The van der Waals surface area contributed by atoms with Crippen LogP contribution in [0, 0.1) is 18.3 Å². The van der Waals surface area contributed by atoms with E-state index in [0.29, 0.717) is 29.2 Å². The molecule has 4 aromatic rings. The van der Waals surface area contributed by atoms with Crippen molar-refractivity contribution in [2.24, 2.45) is 0 Å². The predicted molar refractivity (Wildman–Crippen MR) is 141 cm³/mol. The molecule has 1 aromatic carbocycles. The molecule has 8 nitrogen and oxygen atoms in total. The first-order valence-electron chi connectivity index (χ1n) is 11.8. The number of fused-ring (bicyclic) bond motifs is 1. The van der Waals surface area contributed by atoms with Gasteiger partial charge < -0.3 is 10.6 Å². The summed E-state index contributed by atoms with van der Waals surface area (Å²) in [4.78, 5) is 38.0. The average molecular weight is 489 g/mol. The standard InChI is InChI=1S/C29H24N6O2/c1-17-23(19-6-4-5-18(11-19)22-8-10-32-27-24(22)14-26(36)35-27)13-21(15-33-17)34-28(37)20-7-9-31-25(12-20)29(2,3)16-30/h4-13,15H,14H2,1-3H3,(H,34,37)(H,32,35,36). The summed E-state index contributed by atoms with van der Waals surface area (Å²) in [5.41, 5.74) is 6.11. The summed E-state index contributed by atoms with van der Waals surface area (Å²) in [5, 5.41) is 15.1. The van der Waals surface area contributed by atoms with Gasteiger partial charge in [0.15, 0.2) is 0 Å². The molecule has 5 rings (SSSR count). The van der Waals surface area contributed by atoms with Crippen molar-refractivity contribution in [2.75, 3.05) is 10.6 Å². The summed E-state index contributed by atoms with van der Waals surface area (Å²) in [6, 6.07) is 17.3. The van der Waals surface area contributed by atoms with E-state index in [2.05, 4.69) is 31.7 Å². The number of carbonyl (C=O) groups excluding carboxylic acids is 2. The molecule has 0 unspecified atom stereocenters. The van der Waals surface area contributed by atoms with E-state index in [9.17, 15) is 14.9 Å². The molecule has 0 spiro atoms. The van der Waals surface area contributed by atoms with Gasteiger partial charge in [0, 0.05) is 34.8 Å². The second kappa shape index (κ2) is 9.28. The minimum absolute atomic E-state index is 0.0629. The normalized spacial score (nSPS) is 12.4. The van der Waals surface area contributed by atoms with Gasteiger partial charge in [-0.25, -0.2) is 4.98 Å². The average Bonchev–Trinajstić information content (AvgIpc) is 3.30. The monoisotopic (exact) mass is 488 g/mol. The highest BCUT2D eigenvalue weighted by atomic mass is 16.2. The van der Waals surface area contributed by atoms with E-state index in [1.54, 1.807) is 38.4 Å². The summed E-state index contributed by atoms with van der Waals surface area (Å²) in [6.07, 6.45) is 5.15. The number of carbonyl (C=O) groups is 2. The lowest BCUT2D eigenvalue weighted by atomic mass is 9.90. The number of hydrogen-bond acceptors (Lipinski definition) is 6. The summed E-state index contributed by atoms with van der Waals surface area (Å²) in [6.45, 7) is 5.44. The van der Waals surface area contributed by atoms with Crippen LogP contribution < -0.4 is 10.6 Å². The molecule has 2 amide bonds. The molecule has 8 heteroatoms. The molecule has 0 fully saturated rings. The van der Waals surface area contributed by atoms with Crippen molar-refractivity contribution >= 4 is 23.3 Å². The Morgan fingerprint density at radius 1 is 1.03 bits per heavy atom. The lowest BCUT2D eigenvalue weighted by molar-refractivity contribution is -0.115. The van der Waals surface area contributed by atoms with Crippen LogP contribution in [-0.4, -0.2) is 26.8 Å². The Hall–Kier alpha value is -4.90. The van der Waals surface area contributed by atoms with Gasteiger partial charge in [-0.3, -0.25) is 19.6 Å². The van der Waals surface area contributed by atoms with Gasteiger partial charge in [0.25, 0.3) is 5.91 Å². The van der Waals surface area contributed by atoms with E-state index in [4.69, 9.17) is 0 Å². The number of rotatable bonds is 5. The second-order valence-corrected chi connectivity index (χ2v) is 9.47. The fraction of sp³-hybridized carbons (Fsp3) is 0.172. The highest BCUT2D eigenvalue weighted by Gasteiger charge is 2.24. The van der Waals surface area contributed by atoms with Crippen molar-refractivity contribution in [1.29, 1.82) is 5.26 Å². The fourth-order valence-corrected chi connectivity index (χ4v) is 4.31. The molecule has 1 aliphatic heterocycles. The number of nitriles is 1. The van der Waals surface area contributed by atoms with Gasteiger partial charge in [-0.2, -0.15) is 5.26 Å². The smallest absolute Gasteiger partial charge is 0.255 e. The van der Waals surface area contributed by atoms with Gasteiger partial charge in [-0.05, 0) is 67.8 Å². The summed E-state index contributed by atoms with van der Waals surface area (Å²) >= 11 is 0. The van der Waals surface area contributed by atoms with Gasteiger partial charge in [0.1, 0.15) is 5.82 Å². The van der Waals surface area contributed by atoms with Crippen molar-refractivity contribution < 1.29 is 9.59 Å². The first-order valence-corrected chi connectivity index (χ1v) is 11.8. The van der Waals surface area contributed by atoms with Crippen LogP contribution in [0.1, 0.15) is 41.2 Å². The van der Waals surface area contributed by atoms with Crippen LogP contribution in [0.5, 0.6) is 0 Å². The van der Waals surface area contributed by atoms with Crippen molar-refractivity contribution in [2.45, 2.75) is 32.6 Å². The molecule has 0 atom stereocenters. The quantitative estimate of drug-likeness (QED) is 0.405. The maximum Gasteiger partial charge on any atom is 0.255 e. The molecule has 0 saturated heterocycles. The third-order valence-corrected chi connectivity index (χ3v) is 6.42. The number of amides is 2. The van der Waals surface area contributed by atoms with Crippen LogP contribution in [0.2, 0.25) is 0 Å². The molecule has 2 N–H and O–H groups in total. The first kappa shape index (κ1) is 23.8. The topological polar surface area (TPSA) is 121 Å². The highest BCUT2D eigenvalue weighted by molar-refractivity contribution is 6.04. The third-order valence-electron chi connectivity index (χ3n) is 6.42. The molecule has 0 radical (unpaired) electrons. The molecular formula is C29H24N6O2. The van der Waals surface area contributed by atoms with Gasteiger partial charge in [0.2, 0.25) is 5.91 Å². The number of benzene rings is 1. The summed E-state index contributed by atoms with van der Waals surface area (Å²) < 4.78 is 0. The van der Waals surface area contributed by atoms with Gasteiger partial charge in [0.05, 0.1) is 35.5 Å². The van der Waals surface area contributed by atoms with Crippen molar-refractivity contribution in [3.05, 3.63) is 89.6 Å². The van der Waals surface area contributed by atoms with E-state index in [1.807, 2.05) is 43.3 Å². The maximum atomic E-state index is 13.0. The number of aryl methyl sites for hydroxylation is 1. The van der Waals surface area contributed by atoms with E-state index in [1.165, 1.54) is 6.20 Å². The molecule has 0 saturated carbocycles. The van der Waals surface area contributed by atoms with Crippen LogP contribution in [0.3, 0.4) is 0 Å². The number of aromatic nitrogens is 3. The second-order valence-electron chi connectivity index (χ2n) is 9.47. The van der Waals surface area contributed by atoms with Gasteiger partial charge in [-0.1, -0.05) is 18.2 Å². The molecule has 0 bridgehead atoms. The van der Waals surface area contributed by atoms with Crippen LogP contribution in [-0.2, 0) is 16.6 Å². The van der Waals surface area contributed by atoms with Crippen molar-refractivity contribution in [1.82, 2.24) is 15.0 Å². The largest absolute Gasteiger partial charge is 0.321 e. The number of anilines is 2. The molecule has 1 aliphatic rings. The third kappa shape index (κ3) is 4.67. The van der Waals surface area contributed by atoms with Gasteiger partial charge >= 0.3 is 0 Å². The molecule has 182 valence electrons. The van der Waals surface area contributed by atoms with E-state index in [-0.39, 0.29) is 11.8 Å². The van der Waals surface area contributed by atoms with Crippen LogP contribution >= 0.6 is 0 Å². The van der Waals surface area contributed by atoms with Crippen LogP contribution in [0.15, 0.2) is 67.1 Å². The lowest BCUT2D eigenvalue weighted by Gasteiger charge is -2.15. The zero-order valence-corrected chi connectivity index (χ0v) is 20.7. The van der Waals surface area contributed by atoms with Crippen molar-refractivity contribution in [3.8, 4) is 28.3 Å². The summed E-state index contributed by atoms with van der Waals surface area (Å²) in [5.74, 6) is 0.229. The zero-order valence-electron chi connectivity index (χ0n) is 20.7. The molecule has 3 aromatic heterocycles. The SMILES string of the molecule is Cc1ncc(NC(=O)c2ccnc(C(C)(C)C#N)c2)cc1-c1cccc(-c2ccnc3c2CC(=O)N3)c1. The minimum Gasteiger partial charge on any atom is -0.321 e. The fourth-order valence-electron chi connectivity index (χ4n) is 4.31. The summed E-state index contributed by atoms with van der Waals surface area (Å²) in [7, 11) is 0. The Bertz CT molecular complexity index is 1600. The minimum atomic E-state index is -0.807. The van der Waals surface area contributed by atoms with Crippen LogP contribution in [0.25, 0.3) is 22.3 Å². The molecule has 37 heavy (non-hydrogen) atoms. The number of nitrogens with zero attached hydrogens (tertiary/aromatic N) is 4. The zero-order chi connectivity index (χ0) is 26.2. The molecular weight excluding hydrogens is 464 g/mol. The number of nitrogens with one attached hydrogen (secondary N) is 2. The first-order chi connectivity index (χ1) is 17.7. The Morgan fingerprint density at radius 3 is 2.57 bits per heavy atom. The van der Waals surface area contributed by atoms with Gasteiger partial charge in [-0.15, -0.1) is 0 Å². The number of pyridine rings is 3. The maximum absolute atomic E-state index is 13.0.